The van der Waals surface area contributed by atoms with Crippen LogP contribution in [0.2, 0.25) is 0 Å². The number of amides is 1. The Morgan fingerprint density at radius 3 is 2.26 bits per heavy atom. The first-order valence-corrected chi connectivity index (χ1v) is 13.3. The van der Waals surface area contributed by atoms with Crippen LogP contribution < -0.4 is 10.0 Å². The summed E-state index contributed by atoms with van der Waals surface area (Å²) in [6.45, 7) is 3.83. The zero-order valence-corrected chi connectivity index (χ0v) is 20.7. The second-order valence-corrected chi connectivity index (χ2v) is 10.9. The van der Waals surface area contributed by atoms with Crippen molar-refractivity contribution in [2.75, 3.05) is 0 Å². The highest BCUT2D eigenvalue weighted by molar-refractivity contribution is 7.89. The number of aryl methyl sites for hydroxylation is 1. The second kappa shape index (κ2) is 10.7. The highest BCUT2D eigenvalue weighted by Gasteiger charge is 2.29. The maximum Gasteiger partial charge on any atom is 0.240 e. The lowest BCUT2D eigenvalue weighted by atomic mass is 9.85. The summed E-state index contributed by atoms with van der Waals surface area (Å²) in [6, 6.07) is 14.4. The molecule has 1 atom stereocenters. The van der Waals surface area contributed by atoms with Crippen LogP contribution in [0.5, 0.6) is 0 Å². The summed E-state index contributed by atoms with van der Waals surface area (Å²) in [6.07, 6.45) is 5.92. The quantitative estimate of drug-likeness (QED) is 0.488. The second-order valence-electron chi connectivity index (χ2n) is 9.23. The molecule has 3 aromatic rings. The SMILES string of the molecule is Cc1cncc(-c2ccc(S(=O)(=O)NC3CCC(C(=O)N[C@H](C)c4ccc(F)cc4)CC3)cc2)c1. The average molecular weight is 496 g/mol. The van der Waals surface area contributed by atoms with E-state index in [9.17, 15) is 17.6 Å². The molecular formula is C27H30FN3O3S. The summed E-state index contributed by atoms with van der Waals surface area (Å²) in [5.74, 6) is -0.530. The van der Waals surface area contributed by atoms with Crippen LogP contribution in [0.25, 0.3) is 11.1 Å². The molecule has 0 saturated heterocycles. The minimum Gasteiger partial charge on any atom is -0.349 e. The molecule has 1 saturated carbocycles. The molecule has 1 aliphatic rings. The van der Waals surface area contributed by atoms with E-state index in [-0.39, 0.29) is 34.6 Å². The van der Waals surface area contributed by atoms with Gasteiger partial charge in [0.2, 0.25) is 15.9 Å². The number of carbonyl (C=O) groups excluding carboxylic acids is 1. The van der Waals surface area contributed by atoms with E-state index in [1.54, 1.807) is 48.8 Å². The number of pyridine rings is 1. The molecule has 2 N–H and O–H groups in total. The van der Waals surface area contributed by atoms with E-state index < -0.39 is 10.0 Å². The average Bonchev–Trinajstić information content (AvgIpc) is 2.84. The van der Waals surface area contributed by atoms with Crippen LogP contribution >= 0.6 is 0 Å². The first-order valence-electron chi connectivity index (χ1n) is 11.8. The molecule has 0 radical (unpaired) electrons. The summed E-state index contributed by atoms with van der Waals surface area (Å²) in [4.78, 5) is 17.1. The van der Waals surface area contributed by atoms with E-state index in [0.717, 1.165) is 22.3 Å². The van der Waals surface area contributed by atoms with Gasteiger partial charge in [0.1, 0.15) is 5.82 Å². The van der Waals surface area contributed by atoms with E-state index in [1.165, 1.54) is 12.1 Å². The fourth-order valence-electron chi connectivity index (χ4n) is 4.47. The number of rotatable bonds is 7. The van der Waals surface area contributed by atoms with Crippen molar-refractivity contribution in [1.29, 1.82) is 0 Å². The number of nitrogens with one attached hydrogen (secondary N) is 2. The van der Waals surface area contributed by atoms with Gasteiger partial charge < -0.3 is 5.32 Å². The largest absolute Gasteiger partial charge is 0.349 e. The van der Waals surface area contributed by atoms with Gasteiger partial charge in [0.15, 0.2) is 0 Å². The van der Waals surface area contributed by atoms with Gasteiger partial charge in [0.25, 0.3) is 0 Å². The van der Waals surface area contributed by atoms with E-state index in [1.807, 2.05) is 19.9 Å². The third-order valence-electron chi connectivity index (χ3n) is 6.52. The fourth-order valence-corrected chi connectivity index (χ4v) is 5.77. The molecule has 1 aliphatic carbocycles. The standard InChI is InChI=1S/C27H30FN3O3S/c1-18-15-23(17-29-16-18)21-7-13-26(14-8-21)35(33,34)31-25-11-5-22(6-12-25)27(32)30-19(2)20-3-9-24(28)10-4-20/h3-4,7-10,13-17,19,22,25,31H,5-6,11-12H2,1-2H3,(H,30,32)/t19-,22?,25?/m1/s1. The highest BCUT2D eigenvalue weighted by atomic mass is 32.2. The van der Waals surface area contributed by atoms with Crippen LogP contribution in [0, 0.1) is 18.7 Å². The van der Waals surface area contributed by atoms with Crippen LogP contribution in [-0.2, 0) is 14.8 Å². The molecule has 1 aromatic heterocycles. The normalized spacial score (nSPS) is 19.2. The van der Waals surface area contributed by atoms with Gasteiger partial charge in [-0.15, -0.1) is 0 Å². The zero-order valence-electron chi connectivity index (χ0n) is 19.9. The Bertz CT molecular complexity index is 1270. The van der Waals surface area contributed by atoms with Crippen molar-refractivity contribution in [3.8, 4) is 11.1 Å². The molecule has 6 nitrogen and oxygen atoms in total. The van der Waals surface area contributed by atoms with Gasteiger partial charge in [0, 0.05) is 29.9 Å². The molecule has 2 aromatic carbocycles. The number of carbonyl (C=O) groups is 1. The number of hydrogen-bond acceptors (Lipinski definition) is 4. The highest BCUT2D eigenvalue weighted by Crippen LogP contribution is 2.27. The Hall–Kier alpha value is -3.10. The van der Waals surface area contributed by atoms with E-state index >= 15 is 0 Å². The van der Waals surface area contributed by atoms with Crippen molar-refractivity contribution >= 4 is 15.9 Å². The van der Waals surface area contributed by atoms with Crippen molar-refractivity contribution in [1.82, 2.24) is 15.0 Å². The molecule has 1 amide bonds. The Labute approximate surface area is 206 Å². The lowest BCUT2D eigenvalue weighted by molar-refractivity contribution is -0.126. The lowest BCUT2D eigenvalue weighted by Crippen LogP contribution is -2.41. The first-order chi connectivity index (χ1) is 16.7. The van der Waals surface area contributed by atoms with Crippen LogP contribution in [0.3, 0.4) is 0 Å². The smallest absolute Gasteiger partial charge is 0.240 e. The first kappa shape index (κ1) is 25.0. The van der Waals surface area contributed by atoms with Gasteiger partial charge in [-0.3, -0.25) is 9.78 Å². The van der Waals surface area contributed by atoms with Gasteiger partial charge >= 0.3 is 0 Å². The third-order valence-corrected chi connectivity index (χ3v) is 8.06. The predicted octanol–water partition coefficient (Wildman–Crippen LogP) is 4.91. The molecule has 4 rings (SSSR count). The molecule has 0 unspecified atom stereocenters. The van der Waals surface area contributed by atoms with Crippen molar-refractivity contribution in [3.63, 3.8) is 0 Å². The molecule has 0 spiro atoms. The number of nitrogens with zero attached hydrogens (tertiary/aromatic N) is 1. The molecule has 35 heavy (non-hydrogen) atoms. The number of hydrogen-bond donors (Lipinski definition) is 2. The summed E-state index contributed by atoms with van der Waals surface area (Å²) >= 11 is 0. The molecule has 8 heteroatoms. The lowest BCUT2D eigenvalue weighted by Gasteiger charge is -2.29. The van der Waals surface area contributed by atoms with Crippen LogP contribution in [0.1, 0.15) is 49.8 Å². The van der Waals surface area contributed by atoms with Crippen molar-refractivity contribution in [2.24, 2.45) is 5.92 Å². The number of benzene rings is 2. The van der Waals surface area contributed by atoms with Crippen molar-refractivity contribution < 1.29 is 17.6 Å². The predicted molar refractivity (Wildman–Crippen MR) is 133 cm³/mol. The Kier molecular flexibility index (Phi) is 7.62. The Balaban J connectivity index is 1.30. The molecular weight excluding hydrogens is 465 g/mol. The molecule has 0 aliphatic heterocycles. The van der Waals surface area contributed by atoms with E-state index in [4.69, 9.17) is 0 Å². The summed E-state index contributed by atoms with van der Waals surface area (Å²) in [5.41, 5.74) is 3.72. The van der Waals surface area contributed by atoms with Crippen molar-refractivity contribution in [2.45, 2.75) is 56.5 Å². The van der Waals surface area contributed by atoms with Gasteiger partial charge in [-0.25, -0.2) is 17.5 Å². The van der Waals surface area contributed by atoms with Crippen LogP contribution in [0.4, 0.5) is 4.39 Å². The maximum absolute atomic E-state index is 13.1. The minimum absolute atomic E-state index is 0.0515. The number of aromatic nitrogens is 1. The monoisotopic (exact) mass is 495 g/mol. The van der Waals surface area contributed by atoms with Gasteiger partial charge in [0.05, 0.1) is 10.9 Å². The molecule has 1 fully saturated rings. The molecule has 1 heterocycles. The third kappa shape index (κ3) is 6.32. The summed E-state index contributed by atoms with van der Waals surface area (Å²) in [7, 11) is -3.66. The van der Waals surface area contributed by atoms with Crippen LogP contribution in [0.15, 0.2) is 71.9 Å². The summed E-state index contributed by atoms with van der Waals surface area (Å²) in [5, 5.41) is 2.99. The number of halogens is 1. The van der Waals surface area contributed by atoms with E-state index in [2.05, 4.69) is 15.0 Å². The van der Waals surface area contributed by atoms with E-state index in [0.29, 0.717) is 25.7 Å². The molecule has 184 valence electrons. The minimum atomic E-state index is -3.66. The van der Waals surface area contributed by atoms with Crippen molar-refractivity contribution in [3.05, 3.63) is 83.9 Å². The maximum atomic E-state index is 13.1. The number of sulfonamides is 1. The Morgan fingerprint density at radius 1 is 0.971 bits per heavy atom. The van der Waals surface area contributed by atoms with Gasteiger partial charge in [-0.2, -0.15) is 0 Å². The molecule has 0 bridgehead atoms. The topological polar surface area (TPSA) is 88.2 Å². The van der Waals surface area contributed by atoms with Crippen LogP contribution in [-0.4, -0.2) is 25.4 Å². The Morgan fingerprint density at radius 2 is 1.63 bits per heavy atom. The summed E-state index contributed by atoms with van der Waals surface area (Å²) < 4.78 is 41.8. The van der Waals surface area contributed by atoms with Gasteiger partial charge in [-0.1, -0.05) is 24.3 Å². The zero-order chi connectivity index (χ0) is 25.0. The fraction of sp³-hybridized carbons (Fsp3) is 0.333. The van der Waals surface area contributed by atoms with Gasteiger partial charge in [-0.05, 0) is 86.6 Å².